The number of nitrogens with two attached hydrogens (primary N) is 1. The van der Waals surface area contributed by atoms with Crippen molar-refractivity contribution < 1.29 is 8.78 Å². The molecule has 0 radical (unpaired) electrons. The van der Waals surface area contributed by atoms with Crippen LogP contribution in [0.3, 0.4) is 0 Å². The van der Waals surface area contributed by atoms with E-state index in [-0.39, 0.29) is 6.42 Å². The first-order valence-electron chi connectivity index (χ1n) is 7.97. The highest BCUT2D eigenvalue weighted by atomic mass is 79.9. The second-order valence-corrected chi connectivity index (χ2v) is 6.93. The summed E-state index contributed by atoms with van der Waals surface area (Å²) in [7, 11) is 0. The fourth-order valence-electron chi connectivity index (χ4n) is 3.48. The Kier molecular flexibility index (Phi) is 4.03. The maximum atomic E-state index is 14.6. The Morgan fingerprint density at radius 2 is 2.08 bits per heavy atom. The third-order valence-corrected chi connectivity index (χ3v) is 5.28. The van der Waals surface area contributed by atoms with Gasteiger partial charge in [0.15, 0.2) is 5.84 Å². The van der Waals surface area contributed by atoms with Gasteiger partial charge >= 0.3 is 0 Å². The van der Waals surface area contributed by atoms with Gasteiger partial charge in [0.05, 0.1) is 5.56 Å². The molecule has 0 atom stereocenters. The van der Waals surface area contributed by atoms with Crippen LogP contribution in [-0.2, 0) is 12.8 Å². The van der Waals surface area contributed by atoms with Gasteiger partial charge < -0.3 is 10.7 Å². The van der Waals surface area contributed by atoms with Crippen LogP contribution in [0.2, 0.25) is 0 Å². The van der Waals surface area contributed by atoms with Gasteiger partial charge in [-0.3, -0.25) is 0 Å². The lowest BCUT2D eigenvalue weighted by Gasteiger charge is -2.34. The summed E-state index contributed by atoms with van der Waals surface area (Å²) in [4.78, 5) is 6.44. The first kappa shape index (κ1) is 16.2. The van der Waals surface area contributed by atoms with Crippen LogP contribution < -0.4 is 10.7 Å². The summed E-state index contributed by atoms with van der Waals surface area (Å²) in [6.07, 6.45) is 2.04. The van der Waals surface area contributed by atoms with Gasteiger partial charge in [0.2, 0.25) is 0 Å². The van der Waals surface area contributed by atoms with Crippen LogP contribution in [0.25, 0.3) is 0 Å². The third-order valence-electron chi connectivity index (χ3n) is 4.54. The zero-order valence-corrected chi connectivity index (χ0v) is 14.9. The molecule has 2 aliphatic heterocycles. The second-order valence-electron chi connectivity index (χ2n) is 6.07. The molecule has 0 fully saturated rings. The van der Waals surface area contributed by atoms with Crippen LogP contribution in [0.1, 0.15) is 23.1 Å². The van der Waals surface area contributed by atoms with Crippen molar-refractivity contribution in [1.29, 1.82) is 0 Å². The molecule has 2 aromatic carbocycles. The zero-order chi connectivity index (χ0) is 17.6. The van der Waals surface area contributed by atoms with Gasteiger partial charge in [0.1, 0.15) is 17.5 Å². The van der Waals surface area contributed by atoms with E-state index in [9.17, 15) is 8.78 Å². The van der Waals surface area contributed by atoms with Gasteiger partial charge in [-0.15, -0.1) is 0 Å². The average molecular weight is 405 g/mol. The lowest BCUT2D eigenvalue weighted by molar-refractivity contribution is 0.578. The number of halogens is 3. The molecule has 0 aliphatic carbocycles. The summed E-state index contributed by atoms with van der Waals surface area (Å²) in [5, 5.41) is 3.67. The Labute approximate surface area is 152 Å². The van der Waals surface area contributed by atoms with E-state index in [1.807, 2.05) is 23.1 Å². The maximum Gasteiger partial charge on any atom is 0.154 e. The van der Waals surface area contributed by atoms with Crippen molar-refractivity contribution in [1.82, 2.24) is 0 Å². The van der Waals surface area contributed by atoms with Crippen molar-refractivity contribution in [3.05, 3.63) is 63.1 Å². The number of rotatable bonds is 0. The summed E-state index contributed by atoms with van der Waals surface area (Å²) < 4.78 is 29.3. The largest absolute Gasteiger partial charge is 0.325 e. The van der Waals surface area contributed by atoms with Crippen LogP contribution in [0, 0.1) is 11.6 Å². The Bertz CT molecular complexity index is 924. The number of hydrazone groups is 1. The predicted octanol–water partition coefficient (Wildman–Crippen LogP) is 3.76. The molecule has 4 rings (SSSR count). The number of nitrogens with zero attached hydrogens (tertiary/aromatic N) is 3. The monoisotopic (exact) mass is 404 g/mol. The first-order valence-corrected chi connectivity index (χ1v) is 8.76. The highest BCUT2D eigenvalue weighted by molar-refractivity contribution is 9.10. The van der Waals surface area contributed by atoms with Gasteiger partial charge in [0.25, 0.3) is 0 Å². The van der Waals surface area contributed by atoms with Crippen molar-refractivity contribution in [2.24, 2.45) is 15.9 Å². The van der Waals surface area contributed by atoms with E-state index in [1.165, 1.54) is 6.07 Å². The Morgan fingerprint density at radius 3 is 2.88 bits per heavy atom. The molecule has 7 heteroatoms. The molecule has 0 bridgehead atoms. The van der Waals surface area contributed by atoms with E-state index in [1.54, 1.807) is 0 Å². The van der Waals surface area contributed by atoms with E-state index in [4.69, 9.17) is 5.84 Å². The lowest BCUT2D eigenvalue weighted by atomic mass is 9.95. The fraction of sp³-hybridized carbons (Fsp3) is 0.222. The van der Waals surface area contributed by atoms with Crippen molar-refractivity contribution >= 4 is 33.3 Å². The minimum absolute atomic E-state index is 0.212. The maximum absolute atomic E-state index is 14.6. The molecule has 0 unspecified atom stereocenters. The summed E-state index contributed by atoms with van der Waals surface area (Å²) >= 11 is 3.58. The number of hydrogen-bond donors (Lipinski definition) is 1. The van der Waals surface area contributed by atoms with Crippen LogP contribution in [0.15, 0.2) is 44.9 Å². The third kappa shape index (κ3) is 2.72. The van der Waals surface area contributed by atoms with Gasteiger partial charge in [-0.25, -0.2) is 13.8 Å². The second kappa shape index (κ2) is 6.22. The molecular formula is C18H15BrF2N4. The highest BCUT2D eigenvalue weighted by Crippen LogP contribution is 2.35. The minimum Gasteiger partial charge on any atom is -0.325 e. The first-order chi connectivity index (χ1) is 12.1. The van der Waals surface area contributed by atoms with Crippen molar-refractivity contribution in [3.8, 4) is 0 Å². The van der Waals surface area contributed by atoms with Crippen LogP contribution in [-0.4, -0.2) is 18.2 Å². The smallest absolute Gasteiger partial charge is 0.154 e. The van der Waals surface area contributed by atoms with Crippen LogP contribution in [0.4, 0.5) is 14.5 Å². The van der Waals surface area contributed by atoms with Crippen LogP contribution in [0.5, 0.6) is 0 Å². The molecule has 0 saturated heterocycles. The number of aliphatic imine (C=N–C) groups is 1. The molecule has 2 aliphatic rings. The Morgan fingerprint density at radius 1 is 1.24 bits per heavy atom. The van der Waals surface area contributed by atoms with Crippen molar-refractivity contribution in [2.75, 3.05) is 11.4 Å². The number of fused-ring (bicyclic) bond motifs is 2. The van der Waals surface area contributed by atoms with E-state index in [0.717, 1.165) is 34.6 Å². The van der Waals surface area contributed by atoms with Crippen molar-refractivity contribution in [2.45, 2.75) is 19.3 Å². The van der Waals surface area contributed by atoms with Gasteiger partial charge in [0, 0.05) is 29.2 Å². The summed E-state index contributed by atoms with van der Waals surface area (Å²) in [6, 6.07) is 8.12. The average Bonchev–Trinajstić information content (AvgIpc) is 2.60. The van der Waals surface area contributed by atoms with E-state index < -0.39 is 11.6 Å². The summed E-state index contributed by atoms with van der Waals surface area (Å²) in [6.45, 7) is 0.691. The molecule has 0 amide bonds. The number of hydrogen-bond acceptors (Lipinski definition) is 3. The molecule has 2 heterocycles. The van der Waals surface area contributed by atoms with E-state index in [0.29, 0.717) is 29.3 Å². The molecule has 0 spiro atoms. The van der Waals surface area contributed by atoms with Gasteiger partial charge in [-0.2, -0.15) is 5.10 Å². The molecule has 0 saturated carbocycles. The lowest BCUT2D eigenvalue weighted by Crippen LogP contribution is -2.40. The topological polar surface area (TPSA) is 54.0 Å². The minimum atomic E-state index is -0.619. The number of anilines is 1. The van der Waals surface area contributed by atoms with Crippen molar-refractivity contribution in [3.63, 3.8) is 0 Å². The Balaban J connectivity index is 1.92. The molecular weight excluding hydrogens is 390 g/mol. The predicted molar refractivity (Wildman–Crippen MR) is 98.0 cm³/mol. The molecule has 0 aromatic heterocycles. The highest BCUT2D eigenvalue weighted by Gasteiger charge is 2.30. The molecule has 2 aromatic rings. The zero-order valence-electron chi connectivity index (χ0n) is 13.3. The standard InChI is InChI=1S/C18H15BrF2N4/c19-13-4-1-5-15-12(13)3-2-6-25(15)18-17-10(8-16(23-18)24-22)7-11(20)9-14(17)21/h1,4-5,7,9H,2-3,6,8,22H2/b24-16+. The van der Waals surface area contributed by atoms with Gasteiger partial charge in [-0.1, -0.05) is 22.0 Å². The molecule has 25 heavy (non-hydrogen) atoms. The fourth-order valence-corrected chi connectivity index (χ4v) is 4.03. The van der Waals surface area contributed by atoms with Gasteiger partial charge in [-0.05, 0) is 42.2 Å². The summed E-state index contributed by atoms with van der Waals surface area (Å²) in [5.74, 6) is 4.97. The quantitative estimate of drug-likeness (QED) is 0.536. The van der Waals surface area contributed by atoms with E-state index in [2.05, 4.69) is 26.0 Å². The number of benzene rings is 2. The van der Waals surface area contributed by atoms with E-state index >= 15 is 0 Å². The summed E-state index contributed by atoms with van der Waals surface area (Å²) in [5.41, 5.74) is 2.94. The van der Waals surface area contributed by atoms with Crippen LogP contribution >= 0.6 is 15.9 Å². The Hall–Kier alpha value is -2.28. The number of amidine groups is 2. The molecule has 128 valence electrons. The SMILES string of the molecule is N/N=C1\Cc2cc(F)cc(F)c2C(N2CCCc3c(Br)cccc32)=N1. The molecule has 4 nitrogen and oxygen atoms in total. The normalized spacial score (nSPS) is 18.0. The molecule has 2 N–H and O–H groups in total.